The lowest BCUT2D eigenvalue weighted by atomic mass is 10.0. The summed E-state index contributed by atoms with van der Waals surface area (Å²) in [6, 6.07) is 3.81. The Morgan fingerprint density at radius 1 is 1.44 bits per heavy atom. The summed E-state index contributed by atoms with van der Waals surface area (Å²) in [5.74, 6) is 0.562. The van der Waals surface area contributed by atoms with E-state index < -0.39 is 0 Å². The lowest BCUT2D eigenvalue weighted by Gasteiger charge is -2.33. The summed E-state index contributed by atoms with van der Waals surface area (Å²) < 4.78 is 5.61. The summed E-state index contributed by atoms with van der Waals surface area (Å²) in [5.41, 5.74) is 0.604. The third kappa shape index (κ3) is 1.45. The Morgan fingerprint density at radius 2 is 2.38 bits per heavy atom. The van der Waals surface area contributed by atoms with Gasteiger partial charge in [0.1, 0.15) is 12.2 Å². The van der Waals surface area contributed by atoms with Crippen molar-refractivity contribution < 1.29 is 9.53 Å². The molecule has 1 fully saturated rings. The van der Waals surface area contributed by atoms with E-state index in [0.717, 1.165) is 19.4 Å². The van der Waals surface area contributed by atoms with Crippen molar-refractivity contribution in [1.29, 1.82) is 0 Å². The van der Waals surface area contributed by atoms with Crippen LogP contribution in [0, 0.1) is 0 Å². The molecule has 0 aliphatic carbocycles. The zero-order valence-electron chi connectivity index (χ0n) is 9.06. The van der Waals surface area contributed by atoms with Crippen molar-refractivity contribution >= 4 is 5.91 Å². The number of carbonyl (C=O) groups is 1. The first-order valence-corrected chi connectivity index (χ1v) is 5.75. The number of piperidine rings is 1. The molecule has 0 bridgehead atoms. The molecule has 0 aromatic carbocycles. The van der Waals surface area contributed by atoms with E-state index in [-0.39, 0.29) is 11.9 Å². The Balaban J connectivity index is 1.99. The first kappa shape index (κ1) is 9.63. The molecular formula is C12H14N2O2. The highest BCUT2D eigenvalue weighted by molar-refractivity contribution is 5.96. The molecule has 4 nitrogen and oxygen atoms in total. The van der Waals surface area contributed by atoms with Gasteiger partial charge >= 0.3 is 0 Å². The van der Waals surface area contributed by atoms with Crippen LogP contribution in [-0.4, -0.2) is 35.0 Å². The van der Waals surface area contributed by atoms with Gasteiger partial charge in [-0.2, -0.15) is 0 Å². The zero-order chi connectivity index (χ0) is 11.0. The smallest absolute Gasteiger partial charge is 0.259 e. The largest absolute Gasteiger partial charge is 0.475 e. The van der Waals surface area contributed by atoms with Gasteiger partial charge in [0.05, 0.1) is 6.04 Å². The highest BCUT2D eigenvalue weighted by Crippen LogP contribution is 2.27. The van der Waals surface area contributed by atoms with Gasteiger partial charge in [-0.25, -0.2) is 4.98 Å². The summed E-state index contributed by atoms with van der Waals surface area (Å²) in [7, 11) is 0. The average Bonchev–Trinajstić information content (AvgIpc) is 2.49. The van der Waals surface area contributed by atoms with Crippen LogP contribution in [0.4, 0.5) is 0 Å². The number of hydrogen-bond acceptors (Lipinski definition) is 3. The van der Waals surface area contributed by atoms with E-state index in [0.29, 0.717) is 18.1 Å². The van der Waals surface area contributed by atoms with Crippen molar-refractivity contribution in [2.24, 2.45) is 0 Å². The van der Waals surface area contributed by atoms with Crippen molar-refractivity contribution in [2.75, 3.05) is 13.2 Å². The summed E-state index contributed by atoms with van der Waals surface area (Å²) in [6.45, 7) is 1.43. The fourth-order valence-corrected chi connectivity index (χ4v) is 2.44. The zero-order valence-corrected chi connectivity index (χ0v) is 9.06. The molecule has 1 aromatic rings. The third-order valence-corrected chi connectivity index (χ3v) is 3.30. The Bertz CT molecular complexity index is 419. The Morgan fingerprint density at radius 3 is 3.31 bits per heavy atom. The number of pyridine rings is 1. The van der Waals surface area contributed by atoms with E-state index in [1.807, 2.05) is 4.90 Å². The van der Waals surface area contributed by atoms with Crippen LogP contribution in [0.1, 0.15) is 29.6 Å². The maximum absolute atomic E-state index is 12.3. The predicted molar refractivity (Wildman–Crippen MR) is 58.4 cm³/mol. The minimum atomic E-state index is 0.0744. The Hall–Kier alpha value is -1.58. The number of fused-ring (bicyclic) bond motifs is 2. The fraction of sp³-hybridized carbons (Fsp3) is 0.500. The Kier molecular flexibility index (Phi) is 2.27. The average molecular weight is 218 g/mol. The van der Waals surface area contributed by atoms with E-state index in [2.05, 4.69) is 4.98 Å². The second-order valence-corrected chi connectivity index (χ2v) is 4.32. The van der Waals surface area contributed by atoms with Crippen LogP contribution in [0.15, 0.2) is 18.3 Å². The van der Waals surface area contributed by atoms with Gasteiger partial charge in [0, 0.05) is 12.7 Å². The maximum atomic E-state index is 12.3. The fourth-order valence-electron chi connectivity index (χ4n) is 2.44. The van der Waals surface area contributed by atoms with Gasteiger partial charge < -0.3 is 9.64 Å². The van der Waals surface area contributed by atoms with Crippen LogP contribution in [0.3, 0.4) is 0 Å². The molecule has 4 heteroatoms. The molecule has 0 spiro atoms. The third-order valence-electron chi connectivity index (χ3n) is 3.30. The minimum Gasteiger partial charge on any atom is -0.475 e. The molecule has 0 radical (unpaired) electrons. The van der Waals surface area contributed by atoms with Crippen LogP contribution < -0.4 is 4.74 Å². The van der Waals surface area contributed by atoms with E-state index in [1.165, 1.54) is 6.42 Å². The Labute approximate surface area is 94.2 Å². The number of aromatic nitrogens is 1. The molecule has 16 heavy (non-hydrogen) atoms. The van der Waals surface area contributed by atoms with E-state index in [4.69, 9.17) is 4.74 Å². The van der Waals surface area contributed by atoms with Crippen molar-refractivity contribution in [3.05, 3.63) is 23.9 Å². The molecule has 1 saturated heterocycles. The number of ether oxygens (including phenoxy) is 1. The summed E-state index contributed by atoms with van der Waals surface area (Å²) in [4.78, 5) is 18.3. The number of nitrogens with zero attached hydrogens (tertiary/aromatic N) is 2. The van der Waals surface area contributed by atoms with Crippen molar-refractivity contribution in [3.8, 4) is 5.88 Å². The first-order chi connectivity index (χ1) is 7.86. The summed E-state index contributed by atoms with van der Waals surface area (Å²) in [6.07, 6.45) is 4.98. The SMILES string of the molecule is O=C1c2cccnc2OCC2CCCCN12. The quantitative estimate of drug-likeness (QED) is 0.662. The predicted octanol–water partition coefficient (Wildman–Crippen LogP) is 1.47. The summed E-state index contributed by atoms with van der Waals surface area (Å²) in [5, 5.41) is 0. The van der Waals surface area contributed by atoms with Crippen molar-refractivity contribution in [1.82, 2.24) is 9.88 Å². The highest BCUT2D eigenvalue weighted by Gasteiger charge is 2.32. The van der Waals surface area contributed by atoms with Crippen molar-refractivity contribution in [3.63, 3.8) is 0 Å². The molecule has 2 aliphatic rings. The molecule has 1 amide bonds. The number of rotatable bonds is 0. The second-order valence-electron chi connectivity index (χ2n) is 4.32. The summed E-state index contributed by atoms with van der Waals surface area (Å²) >= 11 is 0. The van der Waals surface area contributed by atoms with Crippen LogP contribution in [0.2, 0.25) is 0 Å². The molecular weight excluding hydrogens is 204 g/mol. The second kappa shape index (κ2) is 3.77. The standard InChI is InChI=1S/C12H14N2O2/c15-12-10-5-3-6-13-11(10)16-8-9-4-1-2-7-14(9)12/h3,5-6,9H,1-2,4,7-8H2. The molecule has 84 valence electrons. The molecule has 1 aromatic heterocycles. The van der Waals surface area contributed by atoms with Gasteiger partial charge in [-0.3, -0.25) is 4.79 Å². The molecule has 3 rings (SSSR count). The number of carbonyl (C=O) groups excluding carboxylic acids is 1. The molecule has 1 atom stereocenters. The van der Waals surface area contributed by atoms with Gasteiger partial charge in [-0.1, -0.05) is 0 Å². The van der Waals surface area contributed by atoms with Gasteiger partial charge in [0.2, 0.25) is 5.88 Å². The van der Waals surface area contributed by atoms with Crippen LogP contribution in [-0.2, 0) is 0 Å². The normalized spacial score (nSPS) is 24.1. The van der Waals surface area contributed by atoms with Gasteiger partial charge in [-0.05, 0) is 31.4 Å². The van der Waals surface area contributed by atoms with Gasteiger partial charge in [0.15, 0.2) is 0 Å². The van der Waals surface area contributed by atoms with Crippen molar-refractivity contribution in [2.45, 2.75) is 25.3 Å². The van der Waals surface area contributed by atoms with Gasteiger partial charge in [-0.15, -0.1) is 0 Å². The molecule has 2 aliphatic heterocycles. The highest BCUT2D eigenvalue weighted by atomic mass is 16.5. The van der Waals surface area contributed by atoms with Gasteiger partial charge in [0.25, 0.3) is 5.91 Å². The lowest BCUT2D eigenvalue weighted by Crippen LogP contribution is -2.45. The maximum Gasteiger partial charge on any atom is 0.259 e. The van der Waals surface area contributed by atoms with Crippen LogP contribution in [0.25, 0.3) is 0 Å². The topological polar surface area (TPSA) is 42.4 Å². The monoisotopic (exact) mass is 218 g/mol. The first-order valence-electron chi connectivity index (χ1n) is 5.75. The van der Waals surface area contributed by atoms with Crippen LogP contribution in [0.5, 0.6) is 5.88 Å². The van der Waals surface area contributed by atoms with E-state index in [9.17, 15) is 4.79 Å². The lowest BCUT2D eigenvalue weighted by molar-refractivity contribution is 0.0577. The number of amides is 1. The molecule has 3 heterocycles. The molecule has 0 N–H and O–H groups in total. The molecule has 0 saturated carbocycles. The van der Waals surface area contributed by atoms with Crippen LogP contribution >= 0.6 is 0 Å². The number of hydrogen-bond donors (Lipinski definition) is 0. The minimum absolute atomic E-state index is 0.0744. The van der Waals surface area contributed by atoms with E-state index >= 15 is 0 Å². The van der Waals surface area contributed by atoms with E-state index in [1.54, 1.807) is 18.3 Å². The molecule has 1 unspecified atom stereocenters.